The molecule has 0 amide bonds. The molecule has 1 aromatic rings. The Labute approximate surface area is 128 Å². The lowest BCUT2D eigenvalue weighted by molar-refractivity contribution is 0.189. The predicted molar refractivity (Wildman–Crippen MR) is 85.5 cm³/mol. The molecule has 0 aromatic carbocycles. The van der Waals surface area contributed by atoms with Gasteiger partial charge in [-0.25, -0.2) is 4.98 Å². The van der Waals surface area contributed by atoms with Crippen molar-refractivity contribution in [2.45, 2.75) is 32.4 Å². The maximum absolute atomic E-state index is 6.03. The Hall–Kier alpha value is -1.17. The van der Waals surface area contributed by atoms with Gasteiger partial charge in [-0.2, -0.15) is 0 Å². The molecule has 118 valence electrons. The van der Waals surface area contributed by atoms with E-state index < -0.39 is 0 Å². The van der Waals surface area contributed by atoms with Crippen LogP contribution in [0.25, 0.3) is 0 Å². The second kappa shape index (κ2) is 7.73. The molecule has 0 spiro atoms. The number of likely N-dealkylation sites (tertiary alicyclic amines) is 1. The van der Waals surface area contributed by atoms with Crippen LogP contribution in [0, 0.1) is 0 Å². The number of rotatable bonds is 7. The smallest absolute Gasteiger partial charge is 0.212 e. The van der Waals surface area contributed by atoms with Gasteiger partial charge in [-0.3, -0.25) is 9.80 Å². The van der Waals surface area contributed by atoms with Crippen molar-refractivity contribution in [2.75, 3.05) is 39.8 Å². The lowest BCUT2D eigenvalue weighted by atomic mass is 10.1. The third-order valence-corrected chi connectivity index (χ3v) is 4.54. The van der Waals surface area contributed by atoms with E-state index in [-0.39, 0.29) is 6.04 Å². The van der Waals surface area contributed by atoms with E-state index in [0.717, 1.165) is 26.2 Å². The van der Waals surface area contributed by atoms with Crippen LogP contribution in [0.3, 0.4) is 0 Å². The number of methoxy groups -OCH3 is 1. The fraction of sp³-hybridized carbons (Fsp3) is 0.688. The van der Waals surface area contributed by atoms with E-state index in [1.54, 1.807) is 7.11 Å². The molecule has 0 saturated carbocycles. The summed E-state index contributed by atoms with van der Waals surface area (Å²) in [6, 6.07) is 4.90. The van der Waals surface area contributed by atoms with Crippen LogP contribution in [0.5, 0.6) is 5.88 Å². The normalized spacial score (nSPS) is 20.9. The lowest BCUT2D eigenvalue weighted by Gasteiger charge is -2.29. The first kappa shape index (κ1) is 16.2. The van der Waals surface area contributed by atoms with Gasteiger partial charge < -0.3 is 10.5 Å². The molecule has 1 aliphatic heterocycles. The van der Waals surface area contributed by atoms with Gasteiger partial charge in [0.15, 0.2) is 0 Å². The molecule has 1 aliphatic rings. The van der Waals surface area contributed by atoms with Gasteiger partial charge in [-0.05, 0) is 25.1 Å². The summed E-state index contributed by atoms with van der Waals surface area (Å²) >= 11 is 0. The average molecular weight is 292 g/mol. The van der Waals surface area contributed by atoms with Crippen LogP contribution in [0.2, 0.25) is 0 Å². The fourth-order valence-electron chi connectivity index (χ4n) is 3.29. The second-order valence-corrected chi connectivity index (χ2v) is 5.54. The van der Waals surface area contributed by atoms with Crippen molar-refractivity contribution in [1.82, 2.24) is 14.8 Å². The summed E-state index contributed by atoms with van der Waals surface area (Å²) in [5.74, 6) is 0.650. The molecular weight excluding hydrogens is 264 g/mol. The molecule has 5 heteroatoms. The molecule has 2 rings (SSSR count). The van der Waals surface area contributed by atoms with Crippen molar-refractivity contribution >= 4 is 0 Å². The molecule has 2 unspecified atom stereocenters. The summed E-state index contributed by atoms with van der Waals surface area (Å²) < 4.78 is 5.12. The molecule has 1 aromatic heterocycles. The van der Waals surface area contributed by atoms with E-state index in [9.17, 15) is 0 Å². The van der Waals surface area contributed by atoms with Gasteiger partial charge in [0.25, 0.3) is 0 Å². The molecule has 0 bridgehead atoms. The summed E-state index contributed by atoms with van der Waals surface area (Å²) in [4.78, 5) is 9.34. The molecule has 2 atom stereocenters. The van der Waals surface area contributed by atoms with Crippen molar-refractivity contribution in [3.8, 4) is 5.88 Å². The van der Waals surface area contributed by atoms with Crippen LogP contribution in [0.1, 0.15) is 31.9 Å². The first-order chi connectivity index (χ1) is 10.2. The lowest BCUT2D eigenvalue weighted by Crippen LogP contribution is -2.39. The van der Waals surface area contributed by atoms with Crippen molar-refractivity contribution < 1.29 is 4.74 Å². The summed E-state index contributed by atoms with van der Waals surface area (Å²) in [5.41, 5.74) is 7.21. The molecule has 21 heavy (non-hydrogen) atoms. The highest BCUT2D eigenvalue weighted by Gasteiger charge is 2.30. The summed E-state index contributed by atoms with van der Waals surface area (Å²) in [7, 11) is 1.64. The van der Waals surface area contributed by atoms with E-state index in [2.05, 4.69) is 34.7 Å². The van der Waals surface area contributed by atoms with E-state index in [4.69, 9.17) is 10.5 Å². The number of likely N-dealkylation sites (N-methyl/N-ethyl adjacent to an activating group) is 1. The van der Waals surface area contributed by atoms with Crippen LogP contribution in [0.4, 0.5) is 0 Å². The van der Waals surface area contributed by atoms with E-state index >= 15 is 0 Å². The van der Waals surface area contributed by atoms with E-state index in [1.807, 2.05) is 12.3 Å². The van der Waals surface area contributed by atoms with Gasteiger partial charge in [0.2, 0.25) is 5.88 Å². The fourth-order valence-corrected chi connectivity index (χ4v) is 3.29. The van der Waals surface area contributed by atoms with Crippen molar-refractivity contribution in [3.63, 3.8) is 0 Å². The van der Waals surface area contributed by atoms with E-state index in [0.29, 0.717) is 18.5 Å². The van der Waals surface area contributed by atoms with Crippen LogP contribution < -0.4 is 10.5 Å². The topological polar surface area (TPSA) is 54.6 Å². The summed E-state index contributed by atoms with van der Waals surface area (Å²) in [6.45, 7) is 9.53. The van der Waals surface area contributed by atoms with Gasteiger partial charge in [0.05, 0.1) is 7.11 Å². The molecule has 0 aliphatic carbocycles. The first-order valence-corrected chi connectivity index (χ1v) is 7.91. The highest BCUT2D eigenvalue weighted by molar-refractivity contribution is 5.21. The highest BCUT2D eigenvalue weighted by Crippen LogP contribution is 2.26. The zero-order chi connectivity index (χ0) is 15.2. The molecule has 2 heterocycles. The minimum absolute atomic E-state index is 0.254. The van der Waals surface area contributed by atoms with E-state index in [1.165, 1.54) is 12.0 Å². The third-order valence-electron chi connectivity index (χ3n) is 4.54. The minimum atomic E-state index is 0.254. The SMILES string of the molecule is CCN(CC)C1CCN(C(CN)c2ccc(OC)nc2)C1. The summed E-state index contributed by atoms with van der Waals surface area (Å²) in [6.07, 6.45) is 3.11. The number of nitrogens with zero attached hydrogens (tertiary/aromatic N) is 3. The molecule has 1 saturated heterocycles. The van der Waals surface area contributed by atoms with Gasteiger partial charge in [0, 0.05) is 44.0 Å². The number of pyridine rings is 1. The van der Waals surface area contributed by atoms with Crippen LogP contribution >= 0.6 is 0 Å². The Morgan fingerprint density at radius 2 is 2.19 bits per heavy atom. The number of hydrogen-bond acceptors (Lipinski definition) is 5. The first-order valence-electron chi connectivity index (χ1n) is 7.91. The largest absolute Gasteiger partial charge is 0.481 e. The standard InChI is InChI=1S/C16H28N4O/c1-4-19(5-2)14-8-9-20(12-14)15(10-17)13-6-7-16(21-3)18-11-13/h6-7,11,14-15H,4-5,8-10,12,17H2,1-3H3. The highest BCUT2D eigenvalue weighted by atomic mass is 16.5. The van der Waals surface area contributed by atoms with Crippen LogP contribution in [-0.4, -0.2) is 60.7 Å². The average Bonchev–Trinajstić information content (AvgIpc) is 2.99. The second-order valence-electron chi connectivity index (χ2n) is 5.54. The van der Waals surface area contributed by atoms with Gasteiger partial charge in [0.1, 0.15) is 0 Å². The van der Waals surface area contributed by atoms with Gasteiger partial charge in [-0.15, -0.1) is 0 Å². The minimum Gasteiger partial charge on any atom is -0.481 e. The van der Waals surface area contributed by atoms with Crippen molar-refractivity contribution in [3.05, 3.63) is 23.9 Å². The number of ether oxygens (including phenoxy) is 1. The monoisotopic (exact) mass is 292 g/mol. The zero-order valence-electron chi connectivity index (χ0n) is 13.5. The number of aromatic nitrogens is 1. The quantitative estimate of drug-likeness (QED) is 0.825. The Bertz CT molecular complexity index is 419. The Morgan fingerprint density at radius 3 is 2.71 bits per heavy atom. The Balaban J connectivity index is 2.04. The van der Waals surface area contributed by atoms with Gasteiger partial charge in [-0.1, -0.05) is 19.9 Å². The number of hydrogen-bond donors (Lipinski definition) is 1. The Kier molecular flexibility index (Phi) is 5.96. The van der Waals surface area contributed by atoms with Crippen LogP contribution in [0.15, 0.2) is 18.3 Å². The molecule has 0 radical (unpaired) electrons. The molecular formula is C16H28N4O. The van der Waals surface area contributed by atoms with Crippen molar-refractivity contribution in [2.24, 2.45) is 5.73 Å². The Morgan fingerprint density at radius 1 is 1.43 bits per heavy atom. The van der Waals surface area contributed by atoms with Gasteiger partial charge >= 0.3 is 0 Å². The zero-order valence-corrected chi connectivity index (χ0v) is 13.5. The third kappa shape index (κ3) is 3.73. The summed E-state index contributed by atoms with van der Waals surface area (Å²) in [5, 5.41) is 0. The number of nitrogens with two attached hydrogens (primary N) is 1. The molecule has 2 N–H and O–H groups in total. The maximum atomic E-state index is 6.03. The molecule has 5 nitrogen and oxygen atoms in total. The predicted octanol–water partition coefficient (Wildman–Crippen LogP) is 1.51. The van der Waals surface area contributed by atoms with Crippen LogP contribution in [-0.2, 0) is 0 Å². The van der Waals surface area contributed by atoms with Crippen molar-refractivity contribution in [1.29, 1.82) is 0 Å². The molecule has 1 fully saturated rings. The maximum Gasteiger partial charge on any atom is 0.212 e.